The molecule has 1 aliphatic heterocycles. The maximum Gasteiger partial charge on any atom is 0.227 e. The van der Waals surface area contributed by atoms with Gasteiger partial charge >= 0.3 is 0 Å². The second-order valence-corrected chi connectivity index (χ2v) is 6.04. The van der Waals surface area contributed by atoms with Gasteiger partial charge in [-0.25, -0.2) is 0 Å². The minimum absolute atomic E-state index is 0.129. The Kier molecular flexibility index (Phi) is 4.59. The molecular formula is C18H24N2O. The monoisotopic (exact) mass is 284 g/mol. The van der Waals surface area contributed by atoms with Gasteiger partial charge in [0.1, 0.15) is 0 Å². The van der Waals surface area contributed by atoms with E-state index >= 15 is 0 Å². The average molecular weight is 284 g/mol. The lowest BCUT2D eigenvalue weighted by molar-refractivity contribution is -0.120. The molecule has 1 saturated heterocycles. The molecule has 1 aliphatic carbocycles. The van der Waals surface area contributed by atoms with Gasteiger partial charge in [0, 0.05) is 19.0 Å². The molecule has 2 aliphatic rings. The largest absolute Gasteiger partial charge is 0.370 e. The van der Waals surface area contributed by atoms with Crippen LogP contribution in [0.3, 0.4) is 0 Å². The predicted molar refractivity (Wildman–Crippen MR) is 87.6 cm³/mol. The summed E-state index contributed by atoms with van der Waals surface area (Å²) in [4.78, 5) is 14.8. The van der Waals surface area contributed by atoms with E-state index in [4.69, 9.17) is 0 Å². The number of piperidine rings is 1. The predicted octanol–water partition coefficient (Wildman–Crippen LogP) is 3.97. The summed E-state index contributed by atoms with van der Waals surface area (Å²) in [5.41, 5.74) is 2.15. The highest BCUT2D eigenvalue weighted by molar-refractivity contribution is 5.96. The van der Waals surface area contributed by atoms with E-state index in [1.165, 1.54) is 24.9 Å². The van der Waals surface area contributed by atoms with Crippen molar-refractivity contribution in [2.75, 3.05) is 23.3 Å². The number of para-hydroxylation sites is 2. The van der Waals surface area contributed by atoms with Crippen LogP contribution in [0.1, 0.15) is 38.5 Å². The van der Waals surface area contributed by atoms with Gasteiger partial charge in [-0.3, -0.25) is 4.79 Å². The maximum absolute atomic E-state index is 12.4. The fourth-order valence-electron chi connectivity index (χ4n) is 3.26. The summed E-state index contributed by atoms with van der Waals surface area (Å²) in [5.74, 6) is 0.299. The van der Waals surface area contributed by atoms with Crippen LogP contribution in [0.25, 0.3) is 0 Å². The number of carbonyl (C=O) groups is 1. The Morgan fingerprint density at radius 3 is 2.67 bits per heavy atom. The van der Waals surface area contributed by atoms with E-state index in [9.17, 15) is 4.79 Å². The number of amides is 1. The fraction of sp³-hybridized carbons (Fsp3) is 0.500. The van der Waals surface area contributed by atoms with Gasteiger partial charge in [-0.1, -0.05) is 24.3 Å². The van der Waals surface area contributed by atoms with Crippen LogP contribution in [0, 0.1) is 5.92 Å². The summed E-state index contributed by atoms with van der Waals surface area (Å²) in [6.45, 7) is 2.19. The Hall–Kier alpha value is -1.77. The third-order valence-electron chi connectivity index (χ3n) is 4.50. The molecule has 1 aromatic carbocycles. The molecule has 0 spiro atoms. The van der Waals surface area contributed by atoms with Gasteiger partial charge in [0.25, 0.3) is 0 Å². The third kappa shape index (κ3) is 3.46. The molecule has 1 N–H and O–H groups in total. The molecule has 1 atom stereocenters. The number of hydrogen-bond acceptors (Lipinski definition) is 2. The molecule has 0 radical (unpaired) electrons. The average Bonchev–Trinajstić information content (AvgIpc) is 2.57. The van der Waals surface area contributed by atoms with Gasteiger partial charge < -0.3 is 10.2 Å². The van der Waals surface area contributed by atoms with Gasteiger partial charge in [0.05, 0.1) is 11.4 Å². The normalized spacial score (nSPS) is 22.1. The highest BCUT2D eigenvalue weighted by Crippen LogP contribution is 2.29. The second-order valence-electron chi connectivity index (χ2n) is 6.04. The molecule has 1 unspecified atom stereocenters. The molecule has 3 rings (SSSR count). The van der Waals surface area contributed by atoms with Crippen LogP contribution >= 0.6 is 0 Å². The molecule has 1 aromatic rings. The molecule has 1 fully saturated rings. The number of hydrogen-bond donors (Lipinski definition) is 1. The number of nitrogens with zero attached hydrogens (tertiary/aromatic N) is 1. The van der Waals surface area contributed by atoms with Crippen molar-refractivity contribution in [3.05, 3.63) is 36.4 Å². The van der Waals surface area contributed by atoms with Gasteiger partial charge in [-0.2, -0.15) is 0 Å². The summed E-state index contributed by atoms with van der Waals surface area (Å²) in [5, 5.41) is 3.16. The van der Waals surface area contributed by atoms with E-state index in [-0.39, 0.29) is 11.8 Å². The number of rotatable bonds is 3. The van der Waals surface area contributed by atoms with Crippen LogP contribution in [0.2, 0.25) is 0 Å². The van der Waals surface area contributed by atoms with Crippen molar-refractivity contribution >= 4 is 17.3 Å². The van der Waals surface area contributed by atoms with Crippen molar-refractivity contribution in [1.29, 1.82) is 0 Å². The number of allylic oxidation sites excluding steroid dienone is 2. The lowest BCUT2D eigenvalue weighted by atomic mass is 9.93. The van der Waals surface area contributed by atoms with Crippen LogP contribution < -0.4 is 10.2 Å². The first-order valence-corrected chi connectivity index (χ1v) is 8.14. The standard InChI is InChI=1S/C18H24N2O/c21-18(15-9-3-1-4-10-15)19-16-11-5-6-12-17(16)20-13-7-2-8-14-20/h1,3,5-6,11-12,15H,2,4,7-10,13-14H2,(H,19,21). The Morgan fingerprint density at radius 1 is 1.10 bits per heavy atom. The van der Waals surface area contributed by atoms with Crippen molar-refractivity contribution in [2.45, 2.75) is 38.5 Å². The fourth-order valence-corrected chi connectivity index (χ4v) is 3.26. The summed E-state index contributed by atoms with van der Waals surface area (Å²) >= 11 is 0. The van der Waals surface area contributed by atoms with E-state index in [0.717, 1.165) is 38.0 Å². The smallest absolute Gasteiger partial charge is 0.227 e. The number of nitrogens with one attached hydrogen (secondary N) is 1. The lowest BCUT2D eigenvalue weighted by Gasteiger charge is -2.31. The molecule has 0 bridgehead atoms. The topological polar surface area (TPSA) is 32.3 Å². The summed E-state index contributed by atoms with van der Waals surface area (Å²) < 4.78 is 0. The number of anilines is 2. The van der Waals surface area contributed by atoms with Crippen LogP contribution in [-0.4, -0.2) is 19.0 Å². The van der Waals surface area contributed by atoms with Crippen molar-refractivity contribution in [3.8, 4) is 0 Å². The molecule has 0 aromatic heterocycles. The number of benzene rings is 1. The second kappa shape index (κ2) is 6.79. The zero-order valence-electron chi connectivity index (χ0n) is 12.6. The van der Waals surface area contributed by atoms with Gasteiger partial charge in [-0.15, -0.1) is 0 Å². The quantitative estimate of drug-likeness (QED) is 0.852. The van der Waals surface area contributed by atoms with Crippen LogP contribution in [-0.2, 0) is 4.79 Å². The molecular weight excluding hydrogens is 260 g/mol. The lowest BCUT2D eigenvalue weighted by Crippen LogP contribution is -2.31. The molecule has 3 nitrogen and oxygen atoms in total. The molecule has 112 valence electrons. The first-order valence-electron chi connectivity index (χ1n) is 8.14. The van der Waals surface area contributed by atoms with Gasteiger partial charge in [0.2, 0.25) is 5.91 Å². The van der Waals surface area contributed by atoms with E-state index in [1.807, 2.05) is 12.1 Å². The van der Waals surface area contributed by atoms with E-state index in [0.29, 0.717) is 0 Å². The SMILES string of the molecule is O=C(Nc1ccccc1N1CCCCC1)C1CC=CCC1. The van der Waals surface area contributed by atoms with Crippen molar-refractivity contribution < 1.29 is 4.79 Å². The zero-order valence-corrected chi connectivity index (χ0v) is 12.6. The highest BCUT2D eigenvalue weighted by Gasteiger charge is 2.21. The van der Waals surface area contributed by atoms with E-state index in [2.05, 4.69) is 34.5 Å². The summed E-state index contributed by atoms with van der Waals surface area (Å²) in [6, 6.07) is 8.22. The molecule has 0 saturated carbocycles. The highest BCUT2D eigenvalue weighted by atomic mass is 16.1. The van der Waals surface area contributed by atoms with Crippen molar-refractivity contribution in [1.82, 2.24) is 0 Å². The first kappa shape index (κ1) is 14.2. The van der Waals surface area contributed by atoms with Crippen LogP contribution in [0.4, 0.5) is 11.4 Å². The molecule has 21 heavy (non-hydrogen) atoms. The minimum Gasteiger partial charge on any atom is -0.370 e. The molecule has 1 amide bonds. The van der Waals surface area contributed by atoms with Crippen molar-refractivity contribution in [3.63, 3.8) is 0 Å². The van der Waals surface area contributed by atoms with Crippen LogP contribution in [0.5, 0.6) is 0 Å². The molecule has 3 heteroatoms. The Labute approximate surface area is 127 Å². The third-order valence-corrected chi connectivity index (χ3v) is 4.50. The van der Waals surface area contributed by atoms with Crippen LogP contribution in [0.15, 0.2) is 36.4 Å². The Bertz CT molecular complexity index is 518. The Balaban J connectivity index is 1.72. The summed E-state index contributed by atoms with van der Waals surface area (Å²) in [7, 11) is 0. The van der Waals surface area contributed by atoms with E-state index < -0.39 is 0 Å². The minimum atomic E-state index is 0.129. The zero-order chi connectivity index (χ0) is 14.5. The number of carbonyl (C=O) groups excluding carboxylic acids is 1. The maximum atomic E-state index is 12.4. The first-order chi connectivity index (χ1) is 10.3. The Morgan fingerprint density at radius 2 is 1.90 bits per heavy atom. The van der Waals surface area contributed by atoms with Crippen molar-refractivity contribution in [2.24, 2.45) is 5.92 Å². The van der Waals surface area contributed by atoms with Gasteiger partial charge in [-0.05, 0) is 50.7 Å². The summed E-state index contributed by atoms with van der Waals surface area (Å²) in [6.07, 6.45) is 11.0. The molecule has 1 heterocycles. The van der Waals surface area contributed by atoms with E-state index in [1.54, 1.807) is 0 Å². The van der Waals surface area contributed by atoms with Gasteiger partial charge in [0.15, 0.2) is 0 Å².